The molecule has 0 aliphatic heterocycles. The largest absolute Gasteiger partial charge is 0.371 e. The zero-order chi connectivity index (χ0) is 12.5. The third-order valence-electron chi connectivity index (χ3n) is 4.26. The minimum atomic E-state index is 0.650. The molecule has 2 fully saturated rings. The SMILES string of the molecule is Cc1cc(N(CC2CC2)CC2CC2)ccc1CN. The zero-order valence-corrected chi connectivity index (χ0v) is 11.4. The van der Waals surface area contributed by atoms with Crippen molar-refractivity contribution in [1.82, 2.24) is 0 Å². The van der Waals surface area contributed by atoms with Crippen molar-refractivity contribution < 1.29 is 0 Å². The Labute approximate surface area is 110 Å². The lowest BCUT2D eigenvalue weighted by Crippen LogP contribution is -2.28. The maximum atomic E-state index is 5.74. The van der Waals surface area contributed by atoms with Gasteiger partial charge < -0.3 is 10.6 Å². The predicted octanol–water partition coefficient (Wildman–Crippen LogP) is 3.08. The van der Waals surface area contributed by atoms with E-state index < -0.39 is 0 Å². The van der Waals surface area contributed by atoms with Gasteiger partial charge in [-0.05, 0) is 67.7 Å². The van der Waals surface area contributed by atoms with Gasteiger partial charge in [0.25, 0.3) is 0 Å². The van der Waals surface area contributed by atoms with Crippen LogP contribution in [0.5, 0.6) is 0 Å². The van der Waals surface area contributed by atoms with E-state index in [1.54, 1.807) is 0 Å². The van der Waals surface area contributed by atoms with Crippen LogP contribution in [0, 0.1) is 18.8 Å². The van der Waals surface area contributed by atoms with Crippen molar-refractivity contribution in [3.05, 3.63) is 29.3 Å². The summed E-state index contributed by atoms with van der Waals surface area (Å²) in [5, 5.41) is 0. The Morgan fingerprint density at radius 3 is 2.17 bits per heavy atom. The van der Waals surface area contributed by atoms with Crippen LogP contribution in [0.25, 0.3) is 0 Å². The highest BCUT2D eigenvalue weighted by Gasteiger charge is 2.29. The lowest BCUT2D eigenvalue weighted by atomic mass is 10.1. The summed E-state index contributed by atoms with van der Waals surface area (Å²) in [5.74, 6) is 1.91. The van der Waals surface area contributed by atoms with E-state index in [9.17, 15) is 0 Å². The van der Waals surface area contributed by atoms with Gasteiger partial charge >= 0.3 is 0 Å². The van der Waals surface area contributed by atoms with E-state index in [0.717, 1.165) is 11.8 Å². The summed E-state index contributed by atoms with van der Waals surface area (Å²) in [5.41, 5.74) is 9.76. The third-order valence-corrected chi connectivity index (χ3v) is 4.26. The van der Waals surface area contributed by atoms with Crippen LogP contribution in [-0.4, -0.2) is 13.1 Å². The fourth-order valence-electron chi connectivity index (χ4n) is 2.62. The smallest absolute Gasteiger partial charge is 0.0369 e. The highest BCUT2D eigenvalue weighted by atomic mass is 15.1. The lowest BCUT2D eigenvalue weighted by molar-refractivity contribution is 0.679. The zero-order valence-electron chi connectivity index (χ0n) is 11.4. The number of benzene rings is 1. The van der Waals surface area contributed by atoms with E-state index in [2.05, 4.69) is 30.0 Å². The van der Waals surface area contributed by atoms with Gasteiger partial charge in [-0.15, -0.1) is 0 Å². The highest BCUT2D eigenvalue weighted by molar-refractivity contribution is 5.51. The molecule has 2 aliphatic rings. The molecule has 0 radical (unpaired) electrons. The summed E-state index contributed by atoms with van der Waals surface area (Å²) in [6.07, 6.45) is 5.73. The second-order valence-corrected chi connectivity index (χ2v) is 6.11. The number of rotatable bonds is 6. The maximum absolute atomic E-state index is 5.74. The van der Waals surface area contributed by atoms with Crippen LogP contribution in [0.15, 0.2) is 18.2 Å². The molecule has 2 heteroatoms. The van der Waals surface area contributed by atoms with E-state index >= 15 is 0 Å². The van der Waals surface area contributed by atoms with Crippen molar-refractivity contribution in [3.63, 3.8) is 0 Å². The third kappa shape index (κ3) is 2.86. The van der Waals surface area contributed by atoms with Crippen molar-refractivity contribution in [2.45, 2.75) is 39.2 Å². The lowest BCUT2D eigenvalue weighted by Gasteiger charge is -2.25. The monoisotopic (exact) mass is 244 g/mol. The first kappa shape index (κ1) is 12.0. The van der Waals surface area contributed by atoms with Gasteiger partial charge in [-0.2, -0.15) is 0 Å². The fraction of sp³-hybridized carbons (Fsp3) is 0.625. The Bertz CT molecular complexity index is 405. The molecule has 1 aromatic carbocycles. The van der Waals surface area contributed by atoms with Crippen molar-refractivity contribution in [2.75, 3.05) is 18.0 Å². The molecular formula is C16H24N2. The molecule has 0 saturated heterocycles. The van der Waals surface area contributed by atoms with Gasteiger partial charge in [0.15, 0.2) is 0 Å². The minimum absolute atomic E-state index is 0.650. The summed E-state index contributed by atoms with van der Waals surface area (Å²) in [7, 11) is 0. The van der Waals surface area contributed by atoms with Gasteiger partial charge in [-0.1, -0.05) is 6.07 Å². The van der Waals surface area contributed by atoms with Crippen LogP contribution >= 0.6 is 0 Å². The average Bonchev–Trinajstić information content (AvgIpc) is 3.23. The molecule has 2 N–H and O–H groups in total. The summed E-state index contributed by atoms with van der Waals surface area (Å²) in [4.78, 5) is 2.61. The van der Waals surface area contributed by atoms with Crippen LogP contribution in [0.1, 0.15) is 36.8 Å². The Kier molecular flexibility index (Phi) is 3.29. The van der Waals surface area contributed by atoms with Crippen molar-refractivity contribution in [1.29, 1.82) is 0 Å². The van der Waals surface area contributed by atoms with Crippen LogP contribution in [-0.2, 0) is 6.54 Å². The number of anilines is 1. The van der Waals surface area contributed by atoms with Crippen LogP contribution in [0.2, 0.25) is 0 Å². The van der Waals surface area contributed by atoms with Gasteiger partial charge in [0, 0.05) is 25.3 Å². The van der Waals surface area contributed by atoms with E-state index in [1.165, 1.54) is 55.6 Å². The summed E-state index contributed by atoms with van der Waals surface area (Å²) < 4.78 is 0. The van der Waals surface area contributed by atoms with Gasteiger partial charge in [-0.3, -0.25) is 0 Å². The topological polar surface area (TPSA) is 29.3 Å². The number of hydrogen-bond donors (Lipinski definition) is 1. The Morgan fingerprint density at radius 1 is 1.11 bits per heavy atom. The molecule has 0 heterocycles. The molecule has 0 spiro atoms. The highest BCUT2D eigenvalue weighted by Crippen LogP contribution is 2.36. The Morgan fingerprint density at radius 2 is 1.72 bits per heavy atom. The molecule has 1 aromatic rings. The standard InChI is InChI=1S/C16H24N2/c1-12-8-16(7-6-15(12)9-17)18(10-13-2-3-13)11-14-4-5-14/h6-8,13-14H,2-5,9-11,17H2,1H3. The number of aryl methyl sites for hydroxylation is 1. The normalized spacial score (nSPS) is 19.0. The number of nitrogens with zero attached hydrogens (tertiary/aromatic N) is 1. The molecule has 0 amide bonds. The first-order valence-electron chi connectivity index (χ1n) is 7.31. The average molecular weight is 244 g/mol. The summed E-state index contributed by atoms with van der Waals surface area (Å²) in [6.45, 7) is 5.35. The van der Waals surface area contributed by atoms with Crippen molar-refractivity contribution in [3.8, 4) is 0 Å². The summed E-state index contributed by atoms with van der Waals surface area (Å²) in [6, 6.07) is 6.80. The van der Waals surface area contributed by atoms with E-state index in [0.29, 0.717) is 6.54 Å². The van der Waals surface area contributed by atoms with Crippen LogP contribution < -0.4 is 10.6 Å². The summed E-state index contributed by atoms with van der Waals surface area (Å²) >= 11 is 0. The van der Waals surface area contributed by atoms with Gasteiger partial charge in [0.05, 0.1) is 0 Å². The molecule has 0 aromatic heterocycles. The number of nitrogens with two attached hydrogens (primary N) is 1. The second kappa shape index (κ2) is 4.93. The minimum Gasteiger partial charge on any atom is -0.371 e. The molecular weight excluding hydrogens is 220 g/mol. The van der Waals surface area contributed by atoms with Gasteiger partial charge in [0.1, 0.15) is 0 Å². The van der Waals surface area contributed by atoms with Gasteiger partial charge in [0.2, 0.25) is 0 Å². The van der Waals surface area contributed by atoms with E-state index in [1.807, 2.05) is 0 Å². The first-order chi connectivity index (χ1) is 8.76. The fourth-order valence-corrected chi connectivity index (χ4v) is 2.62. The molecule has 0 atom stereocenters. The molecule has 2 aliphatic carbocycles. The Hall–Kier alpha value is -1.02. The molecule has 2 saturated carbocycles. The van der Waals surface area contributed by atoms with E-state index in [-0.39, 0.29) is 0 Å². The molecule has 0 unspecified atom stereocenters. The van der Waals surface area contributed by atoms with Crippen LogP contribution in [0.3, 0.4) is 0 Å². The second-order valence-electron chi connectivity index (χ2n) is 6.11. The Balaban J connectivity index is 1.76. The molecule has 18 heavy (non-hydrogen) atoms. The molecule has 0 bridgehead atoms. The molecule has 2 nitrogen and oxygen atoms in total. The van der Waals surface area contributed by atoms with Crippen LogP contribution in [0.4, 0.5) is 5.69 Å². The molecule has 3 rings (SSSR count). The predicted molar refractivity (Wildman–Crippen MR) is 76.7 cm³/mol. The first-order valence-corrected chi connectivity index (χ1v) is 7.31. The maximum Gasteiger partial charge on any atom is 0.0369 e. The van der Waals surface area contributed by atoms with Crippen molar-refractivity contribution >= 4 is 5.69 Å². The van der Waals surface area contributed by atoms with Gasteiger partial charge in [-0.25, -0.2) is 0 Å². The van der Waals surface area contributed by atoms with E-state index in [4.69, 9.17) is 5.73 Å². The molecule has 98 valence electrons. The quantitative estimate of drug-likeness (QED) is 0.833. The number of hydrogen-bond acceptors (Lipinski definition) is 2. The van der Waals surface area contributed by atoms with Crippen molar-refractivity contribution in [2.24, 2.45) is 17.6 Å².